The highest BCUT2D eigenvalue weighted by Gasteiger charge is 2.33. The van der Waals surface area contributed by atoms with Crippen molar-refractivity contribution >= 4 is 29.0 Å². The molecule has 0 unspecified atom stereocenters. The fourth-order valence-electron chi connectivity index (χ4n) is 2.93. The van der Waals surface area contributed by atoms with Gasteiger partial charge in [0.05, 0.1) is 17.5 Å². The SMILES string of the molecule is N#CC1(NC(=O)CSc2nc(-c3ccc(F)cc3)cs2)CCCCC1. The van der Waals surface area contributed by atoms with Gasteiger partial charge in [-0.1, -0.05) is 31.0 Å². The maximum Gasteiger partial charge on any atom is 0.231 e. The number of hydrogen-bond donors (Lipinski definition) is 1. The number of thiazole rings is 1. The molecule has 3 rings (SSSR count). The van der Waals surface area contributed by atoms with E-state index in [1.165, 1.54) is 35.2 Å². The van der Waals surface area contributed by atoms with Crippen molar-refractivity contribution in [3.8, 4) is 17.3 Å². The molecular weight excluding hydrogens is 357 g/mol. The van der Waals surface area contributed by atoms with Crippen LogP contribution >= 0.6 is 23.1 Å². The van der Waals surface area contributed by atoms with E-state index in [1.54, 1.807) is 12.1 Å². The topological polar surface area (TPSA) is 65.8 Å². The molecule has 1 saturated carbocycles. The third kappa shape index (κ3) is 4.59. The minimum atomic E-state index is -0.696. The second-order valence-corrected chi connectivity index (χ2v) is 8.18. The lowest BCUT2D eigenvalue weighted by molar-refractivity contribution is -0.120. The second kappa shape index (κ2) is 7.98. The van der Waals surface area contributed by atoms with E-state index in [-0.39, 0.29) is 17.5 Å². The first-order chi connectivity index (χ1) is 12.1. The number of rotatable bonds is 5. The van der Waals surface area contributed by atoms with Crippen LogP contribution in [0.5, 0.6) is 0 Å². The molecule has 0 bridgehead atoms. The van der Waals surface area contributed by atoms with Gasteiger partial charge in [0.1, 0.15) is 11.4 Å². The van der Waals surface area contributed by atoms with Gasteiger partial charge in [0.15, 0.2) is 4.34 Å². The Morgan fingerprint density at radius 2 is 2.04 bits per heavy atom. The first-order valence-corrected chi connectivity index (χ1v) is 10.0. The van der Waals surface area contributed by atoms with Crippen LogP contribution in [0.4, 0.5) is 4.39 Å². The summed E-state index contributed by atoms with van der Waals surface area (Å²) in [5, 5.41) is 14.2. The van der Waals surface area contributed by atoms with Gasteiger partial charge in [-0.15, -0.1) is 11.3 Å². The number of carbonyl (C=O) groups excluding carboxylic acids is 1. The number of nitriles is 1. The molecule has 1 aliphatic carbocycles. The Labute approximate surface area is 154 Å². The summed E-state index contributed by atoms with van der Waals surface area (Å²) in [7, 11) is 0. The van der Waals surface area contributed by atoms with Crippen LogP contribution in [-0.2, 0) is 4.79 Å². The van der Waals surface area contributed by atoms with Crippen molar-refractivity contribution in [2.24, 2.45) is 0 Å². The van der Waals surface area contributed by atoms with Crippen molar-refractivity contribution in [3.63, 3.8) is 0 Å². The smallest absolute Gasteiger partial charge is 0.231 e. The van der Waals surface area contributed by atoms with Gasteiger partial charge in [-0.05, 0) is 37.1 Å². The fourth-order valence-corrected chi connectivity index (χ4v) is 4.56. The monoisotopic (exact) mass is 375 g/mol. The summed E-state index contributed by atoms with van der Waals surface area (Å²) in [5.41, 5.74) is 0.922. The summed E-state index contributed by atoms with van der Waals surface area (Å²) in [4.78, 5) is 16.7. The van der Waals surface area contributed by atoms with Crippen molar-refractivity contribution in [2.75, 3.05) is 5.75 Å². The average molecular weight is 375 g/mol. The molecule has 0 atom stereocenters. The number of thioether (sulfide) groups is 1. The highest BCUT2D eigenvalue weighted by molar-refractivity contribution is 8.01. The zero-order valence-corrected chi connectivity index (χ0v) is 15.3. The first kappa shape index (κ1) is 17.9. The van der Waals surface area contributed by atoms with Gasteiger partial charge in [0.25, 0.3) is 0 Å². The number of carbonyl (C=O) groups is 1. The van der Waals surface area contributed by atoms with E-state index in [2.05, 4.69) is 16.4 Å². The number of nitrogens with zero attached hydrogens (tertiary/aromatic N) is 2. The number of amides is 1. The normalized spacial score (nSPS) is 16.2. The number of benzene rings is 1. The molecule has 2 aromatic rings. The molecule has 25 heavy (non-hydrogen) atoms. The Hall–Kier alpha value is -1.91. The maximum atomic E-state index is 13.0. The summed E-state index contributed by atoms with van der Waals surface area (Å²) in [6, 6.07) is 8.47. The van der Waals surface area contributed by atoms with Crippen LogP contribution in [0.25, 0.3) is 11.3 Å². The number of aromatic nitrogens is 1. The quantitative estimate of drug-likeness (QED) is 0.788. The van der Waals surface area contributed by atoms with Crippen molar-refractivity contribution in [3.05, 3.63) is 35.5 Å². The van der Waals surface area contributed by atoms with Crippen LogP contribution in [0.3, 0.4) is 0 Å². The summed E-state index contributed by atoms with van der Waals surface area (Å²) in [6.45, 7) is 0. The molecule has 1 N–H and O–H groups in total. The molecule has 0 radical (unpaired) electrons. The Morgan fingerprint density at radius 1 is 1.32 bits per heavy atom. The Balaban J connectivity index is 1.56. The molecule has 4 nitrogen and oxygen atoms in total. The summed E-state index contributed by atoms with van der Waals surface area (Å²) in [5.74, 6) is -0.175. The van der Waals surface area contributed by atoms with Gasteiger partial charge in [-0.3, -0.25) is 4.79 Å². The molecule has 1 heterocycles. The van der Waals surface area contributed by atoms with Crippen molar-refractivity contribution in [1.82, 2.24) is 10.3 Å². The molecular formula is C18H18FN3OS2. The molecule has 130 valence electrons. The standard InChI is InChI=1S/C18H18FN3OS2/c19-14-6-4-13(5-7-14)15-10-24-17(21-15)25-11-16(23)22-18(12-20)8-2-1-3-9-18/h4-7,10H,1-3,8-9,11H2,(H,22,23). The van der Waals surface area contributed by atoms with Gasteiger partial charge < -0.3 is 5.32 Å². The predicted octanol–water partition coefficient (Wildman–Crippen LogP) is 4.38. The van der Waals surface area contributed by atoms with Crippen LogP contribution in [0.15, 0.2) is 34.0 Å². The first-order valence-electron chi connectivity index (χ1n) is 8.17. The molecule has 1 aromatic heterocycles. The summed E-state index contributed by atoms with van der Waals surface area (Å²) in [6.07, 6.45) is 4.54. The van der Waals surface area contributed by atoms with Gasteiger partial charge >= 0.3 is 0 Å². The lowest BCUT2D eigenvalue weighted by atomic mass is 9.83. The van der Waals surface area contributed by atoms with E-state index in [0.29, 0.717) is 0 Å². The number of halogens is 1. The number of nitrogens with one attached hydrogen (secondary N) is 1. The molecule has 0 spiro atoms. The third-order valence-electron chi connectivity index (χ3n) is 4.25. The van der Waals surface area contributed by atoms with Crippen molar-refractivity contribution in [1.29, 1.82) is 5.26 Å². The van der Waals surface area contributed by atoms with Crippen LogP contribution in [0.2, 0.25) is 0 Å². The molecule has 1 aliphatic rings. The van der Waals surface area contributed by atoms with E-state index in [4.69, 9.17) is 0 Å². The predicted molar refractivity (Wildman–Crippen MR) is 97.8 cm³/mol. The minimum absolute atomic E-state index is 0.132. The highest BCUT2D eigenvalue weighted by atomic mass is 32.2. The molecule has 0 aliphatic heterocycles. The largest absolute Gasteiger partial charge is 0.337 e. The Kier molecular flexibility index (Phi) is 5.71. The van der Waals surface area contributed by atoms with Crippen molar-refractivity contribution in [2.45, 2.75) is 42.0 Å². The summed E-state index contributed by atoms with van der Waals surface area (Å²) < 4.78 is 13.8. The van der Waals surface area contributed by atoms with Crippen LogP contribution < -0.4 is 5.32 Å². The van der Waals surface area contributed by atoms with Crippen LogP contribution in [-0.4, -0.2) is 22.2 Å². The van der Waals surface area contributed by atoms with Gasteiger partial charge in [0, 0.05) is 10.9 Å². The zero-order valence-electron chi connectivity index (χ0n) is 13.6. The minimum Gasteiger partial charge on any atom is -0.337 e. The van der Waals surface area contributed by atoms with Gasteiger partial charge in [-0.25, -0.2) is 9.37 Å². The van der Waals surface area contributed by atoms with E-state index in [1.807, 2.05) is 5.38 Å². The van der Waals surface area contributed by atoms with E-state index < -0.39 is 5.54 Å². The lowest BCUT2D eigenvalue weighted by Gasteiger charge is -2.31. The Bertz CT molecular complexity index is 776. The summed E-state index contributed by atoms with van der Waals surface area (Å²) >= 11 is 2.81. The van der Waals surface area contributed by atoms with E-state index >= 15 is 0 Å². The molecule has 1 amide bonds. The molecule has 0 saturated heterocycles. The van der Waals surface area contributed by atoms with Gasteiger partial charge in [-0.2, -0.15) is 5.26 Å². The van der Waals surface area contributed by atoms with E-state index in [9.17, 15) is 14.4 Å². The second-order valence-electron chi connectivity index (χ2n) is 6.10. The van der Waals surface area contributed by atoms with Crippen LogP contribution in [0, 0.1) is 17.1 Å². The molecule has 1 aromatic carbocycles. The molecule has 1 fully saturated rings. The van der Waals surface area contributed by atoms with Crippen molar-refractivity contribution < 1.29 is 9.18 Å². The average Bonchev–Trinajstić information content (AvgIpc) is 3.10. The highest BCUT2D eigenvalue weighted by Crippen LogP contribution is 2.30. The third-order valence-corrected chi connectivity index (χ3v) is 6.27. The fraction of sp³-hybridized carbons (Fsp3) is 0.389. The Morgan fingerprint density at radius 3 is 2.72 bits per heavy atom. The van der Waals surface area contributed by atoms with Gasteiger partial charge in [0.2, 0.25) is 5.91 Å². The molecule has 7 heteroatoms. The van der Waals surface area contributed by atoms with E-state index in [0.717, 1.165) is 47.7 Å². The van der Waals surface area contributed by atoms with Crippen LogP contribution in [0.1, 0.15) is 32.1 Å². The lowest BCUT2D eigenvalue weighted by Crippen LogP contribution is -2.49. The number of hydrogen-bond acceptors (Lipinski definition) is 5. The maximum absolute atomic E-state index is 13.0. The zero-order chi connectivity index (χ0) is 17.7.